The van der Waals surface area contributed by atoms with Crippen LogP contribution in [0.2, 0.25) is 0 Å². The molecule has 0 radical (unpaired) electrons. The molecule has 25 heavy (non-hydrogen) atoms. The fraction of sp³-hybridized carbons (Fsp3) is 0.217. The van der Waals surface area contributed by atoms with Crippen molar-refractivity contribution in [3.8, 4) is 5.75 Å². The molecule has 128 valence electrons. The van der Waals surface area contributed by atoms with Crippen molar-refractivity contribution < 1.29 is 4.74 Å². The predicted molar refractivity (Wildman–Crippen MR) is 105 cm³/mol. The Labute approximate surface area is 150 Å². The lowest BCUT2D eigenvalue weighted by Gasteiger charge is -2.11. The molecule has 0 amide bonds. The molecule has 0 saturated heterocycles. The second-order valence-corrected chi connectivity index (χ2v) is 6.59. The van der Waals surface area contributed by atoms with Crippen LogP contribution in [0.1, 0.15) is 27.8 Å². The topological polar surface area (TPSA) is 21.3 Å². The van der Waals surface area contributed by atoms with Crippen molar-refractivity contribution >= 4 is 5.69 Å². The highest BCUT2D eigenvalue weighted by molar-refractivity contribution is 5.52. The molecule has 1 N–H and O–H groups in total. The normalized spacial score (nSPS) is 10.5. The molecule has 2 nitrogen and oxygen atoms in total. The molecule has 0 unspecified atom stereocenters. The first-order valence-electron chi connectivity index (χ1n) is 8.68. The summed E-state index contributed by atoms with van der Waals surface area (Å²) in [4.78, 5) is 0. The first-order valence-corrected chi connectivity index (χ1v) is 8.68. The highest BCUT2D eigenvalue weighted by Crippen LogP contribution is 2.19. The lowest BCUT2D eigenvalue weighted by atomic mass is 10.1. The van der Waals surface area contributed by atoms with E-state index in [4.69, 9.17) is 4.74 Å². The van der Waals surface area contributed by atoms with Gasteiger partial charge in [0.25, 0.3) is 0 Å². The Balaban J connectivity index is 1.54. The van der Waals surface area contributed by atoms with E-state index in [1.165, 1.54) is 33.5 Å². The smallest absolute Gasteiger partial charge is 0.119 e. The highest BCUT2D eigenvalue weighted by atomic mass is 16.5. The summed E-state index contributed by atoms with van der Waals surface area (Å²) in [6.07, 6.45) is 0. The van der Waals surface area contributed by atoms with Crippen LogP contribution >= 0.6 is 0 Å². The largest absolute Gasteiger partial charge is 0.489 e. The number of ether oxygens (including phenoxy) is 1. The van der Waals surface area contributed by atoms with Crippen molar-refractivity contribution in [2.45, 2.75) is 33.9 Å². The van der Waals surface area contributed by atoms with E-state index in [1.54, 1.807) is 0 Å². The van der Waals surface area contributed by atoms with E-state index in [0.717, 1.165) is 12.3 Å². The average Bonchev–Trinajstić information content (AvgIpc) is 2.61. The average molecular weight is 331 g/mol. The molecule has 0 saturated carbocycles. The quantitative estimate of drug-likeness (QED) is 0.616. The SMILES string of the molecule is Cc1ccc(COc2ccc(CNc3ccc(C)cc3C)cc2)cc1. The van der Waals surface area contributed by atoms with Crippen molar-refractivity contribution in [2.75, 3.05) is 5.32 Å². The van der Waals surface area contributed by atoms with Crippen LogP contribution < -0.4 is 10.1 Å². The number of hydrogen-bond acceptors (Lipinski definition) is 2. The Hall–Kier alpha value is -2.74. The molecule has 3 aromatic carbocycles. The van der Waals surface area contributed by atoms with Crippen molar-refractivity contribution in [2.24, 2.45) is 0 Å². The van der Waals surface area contributed by atoms with Gasteiger partial charge in [-0.15, -0.1) is 0 Å². The summed E-state index contributed by atoms with van der Waals surface area (Å²) in [5.41, 5.74) is 7.44. The lowest BCUT2D eigenvalue weighted by molar-refractivity contribution is 0.306. The van der Waals surface area contributed by atoms with Gasteiger partial charge in [-0.05, 0) is 55.7 Å². The van der Waals surface area contributed by atoms with E-state index >= 15 is 0 Å². The molecule has 0 aliphatic carbocycles. The zero-order chi connectivity index (χ0) is 17.6. The summed E-state index contributed by atoms with van der Waals surface area (Å²) in [6, 6.07) is 23.2. The van der Waals surface area contributed by atoms with Gasteiger partial charge in [0.1, 0.15) is 12.4 Å². The number of anilines is 1. The van der Waals surface area contributed by atoms with Crippen LogP contribution in [0.5, 0.6) is 5.75 Å². The summed E-state index contributed by atoms with van der Waals surface area (Å²) < 4.78 is 5.86. The molecular weight excluding hydrogens is 306 g/mol. The van der Waals surface area contributed by atoms with Gasteiger partial charge in [0, 0.05) is 12.2 Å². The van der Waals surface area contributed by atoms with Gasteiger partial charge in [0.2, 0.25) is 0 Å². The minimum absolute atomic E-state index is 0.598. The van der Waals surface area contributed by atoms with Crippen molar-refractivity contribution in [3.05, 3.63) is 94.5 Å². The molecule has 3 aromatic rings. The first-order chi connectivity index (χ1) is 12.1. The van der Waals surface area contributed by atoms with Crippen LogP contribution in [-0.2, 0) is 13.2 Å². The molecule has 0 aliphatic heterocycles. The molecule has 0 aliphatic rings. The molecule has 0 fully saturated rings. The summed E-state index contributed by atoms with van der Waals surface area (Å²) in [7, 11) is 0. The van der Waals surface area contributed by atoms with Crippen molar-refractivity contribution in [3.63, 3.8) is 0 Å². The maximum Gasteiger partial charge on any atom is 0.119 e. The van der Waals surface area contributed by atoms with Gasteiger partial charge in [-0.3, -0.25) is 0 Å². The van der Waals surface area contributed by atoms with Gasteiger partial charge in [-0.25, -0.2) is 0 Å². The Morgan fingerprint density at radius 2 is 1.36 bits per heavy atom. The van der Waals surface area contributed by atoms with Crippen molar-refractivity contribution in [1.29, 1.82) is 0 Å². The standard InChI is InChI=1S/C23H25NO/c1-17-4-7-21(8-5-17)16-25-22-11-9-20(10-12-22)15-24-23-13-6-18(2)14-19(23)3/h4-14,24H,15-16H2,1-3H3. The summed E-state index contributed by atoms with van der Waals surface area (Å²) >= 11 is 0. The number of hydrogen-bond donors (Lipinski definition) is 1. The molecule has 3 rings (SSSR count). The summed E-state index contributed by atoms with van der Waals surface area (Å²) in [5.74, 6) is 0.899. The van der Waals surface area contributed by atoms with Gasteiger partial charge < -0.3 is 10.1 Å². The second kappa shape index (κ2) is 7.89. The fourth-order valence-electron chi connectivity index (χ4n) is 2.76. The Kier molecular flexibility index (Phi) is 5.39. The predicted octanol–water partition coefficient (Wildman–Crippen LogP) is 5.80. The third kappa shape index (κ3) is 4.87. The van der Waals surface area contributed by atoms with E-state index in [0.29, 0.717) is 6.61 Å². The zero-order valence-electron chi connectivity index (χ0n) is 15.2. The fourth-order valence-corrected chi connectivity index (χ4v) is 2.76. The Morgan fingerprint density at radius 1 is 0.720 bits per heavy atom. The number of benzene rings is 3. The minimum Gasteiger partial charge on any atom is -0.489 e. The Morgan fingerprint density at radius 3 is 2.04 bits per heavy atom. The van der Waals surface area contributed by atoms with E-state index in [2.05, 4.69) is 80.7 Å². The van der Waals surface area contributed by atoms with Gasteiger partial charge in [-0.2, -0.15) is 0 Å². The van der Waals surface area contributed by atoms with Gasteiger partial charge in [0.05, 0.1) is 0 Å². The van der Waals surface area contributed by atoms with E-state index < -0.39 is 0 Å². The van der Waals surface area contributed by atoms with E-state index in [9.17, 15) is 0 Å². The van der Waals surface area contributed by atoms with Crippen LogP contribution in [0.25, 0.3) is 0 Å². The third-order valence-corrected chi connectivity index (χ3v) is 4.31. The molecule has 2 heteroatoms. The van der Waals surface area contributed by atoms with Crippen molar-refractivity contribution in [1.82, 2.24) is 0 Å². The molecule has 0 heterocycles. The number of rotatable bonds is 6. The van der Waals surface area contributed by atoms with Crippen LogP contribution in [0.3, 0.4) is 0 Å². The molecular formula is C23H25NO. The van der Waals surface area contributed by atoms with E-state index in [1.807, 2.05) is 12.1 Å². The van der Waals surface area contributed by atoms with Gasteiger partial charge in [-0.1, -0.05) is 59.7 Å². The lowest BCUT2D eigenvalue weighted by Crippen LogP contribution is -2.01. The first kappa shape index (κ1) is 17.1. The monoisotopic (exact) mass is 331 g/mol. The molecule has 0 atom stereocenters. The van der Waals surface area contributed by atoms with Crippen LogP contribution in [0, 0.1) is 20.8 Å². The molecule has 0 spiro atoms. The van der Waals surface area contributed by atoms with Crippen LogP contribution in [0.15, 0.2) is 66.7 Å². The number of aryl methyl sites for hydroxylation is 3. The minimum atomic E-state index is 0.598. The van der Waals surface area contributed by atoms with Gasteiger partial charge >= 0.3 is 0 Å². The maximum absolute atomic E-state index is 5.86. The third-order valence-electron chi connectivity index (χ3n) is 4.31. The van der Waals surface area contributed by atoms with E-state index in [-0.39, 0.29) is 0 Å². The number of nitrogens with one attached hydrogen (secondary N) is 1. The summed E-state index contributed by atoms with van der Waals surface area (Å²) in [5, 5.41) is 3.50. The van der Waals surface area contributed by atoms with Crippen LogP contribution in [-0.4, -0.2) is 0 Å². The zero-order valence-corrected chi connectivity index (χ0v) is 15.2. The highest BCUT2D eigenvalue weighted by Gasteiger charge is 2.00. The van der Waals surface area contributed by atoms with Gasteiger partial charge in [0.15, 0.2) is 0 Å². The molecule has 0 aromatic heterocycles. The van der Waals surface area contributed by atoms with Crippen LogP contribution in [0.4, 0.5) is 5.69 Å². The molecule has 0 bridgehead atoms. The Bertz CT molecular complexity index is 820. The maximum atomic E-state index is 5.86. The summed E-state index contributed by atoms with van der Waals surface area (Å²) in [6.45, 7) is 7.75. The second-order valence-electron chi connectivity index (χ2n) is 6.59.